The van der Waals surface area contributed by atoms with Crippen LogP contribution >= 0.6 is 11.6 Å². The Balaban J connectivity index is 2.00. The molecule has 130 valence electrons. The maximum absolute atomic E-state index is 13.0. The molecule has 0 radical (unpaired) electrons. The van der Waals surface area contributed by atoms with Crippen LogP contribution in [0.5, 0.6) is 0 Å². The first kappa shape index (κ1) is 17.7. The van der Waals surface area contributed by atoms with E-state index in [2.05, 4.69) is 0 Å². The van der Waals surface area contributed by atoms with Gasteiger partial charge in [-0.2, -0.15) is 4.31 Å². The summed E-state index contributed by atoms with van der Waals surface area (Å²) in [5.41, 5.74) is 0.610. The SMILES string of the molecule is CCN(Cc1ccccc1Cl)S(=O)(=O)c1ccc2oc(=O)ccc2c1. The second kappa shape index (κ2) is 7.00. The van der Waals surface area contributed by atoms with Crippen molar-refractivity contribution in [3.8, 4) is 0 Å². The van der Waals surface area contributed by atoms with E-state index in [4.69, 9.17) is 16.0 Å². The van der Waals surface area contributed by atoms with Gasteiger partial charge in [-0.25, -0.2) is 13.2 Å². The summed E-state index contributed by atoms with van der Waals surface area (Å²) in [4.78, 5) is 11.4. The Morgan fingerprint density at radius 3 is 2.56 bits per heavy atom. The standard InChI is InChI=1S/C18H16ClNO4S/c1-2-20(12-14-5-3-4-6-16(14)19)25(22,23)15-8-9-17-13(11-15)7-10-18(21)24-17/h3-11H,2,12H2,1H3. The van der Waals surface area contributed by atoms with Crippen molar-refractivity contribution in [1.82, 2.24) is 4.31 Å². The molecule has 0 fully saturated rings. The van der Waals surface area contributed by atoms with E-state index in [-0.39, 0.29) is 11.4 Å². The molecule has 0 aliphatic rings. The molecule has 0 amide bonds. The van der Waals surface area contributed by atoms with Gasteiger partial charge in [0.1, 0.15) is 5.58 Å². The van der Waals surface area contributed by atoms with Crippen LogP contribution in [0.2, 0.25) is 5.02 Å². The average molecular weight is 378 g/mol. The summed E-state index contributed by atoms with van der Waals surface area (Å²) < 4.78 is 32.4. The molecule has 0 saturated heterocycles. The third kappa shape index (κ3) is 3.61. The molecule has 1 heterocycles. The molecule has 25 heavy (non-hydrogen) atoms. The van der Waals surface area contributed by atoms with E-state index >= 15 is 0 Å². The van der Waals surface area contributed by atoms with Crippen molar-refractivity contribution in [2.45, 2.75) is 18.4 Å². The minimum Gasteiger partial charge on any atom is -0.423 e. The van der Waals surface area contributed by atoms with E-state index < -0.39 is 15.6 Å². The summed E-state index contributed by atoms with van der Waals surface area (Å²) in [6.45, 7) is 2.25. The fourth-order valence-corrected chi connectivity index (χ4v) is 4.20. The van der Waals surface area contributed by atoms with Crippen LogP contribution in [0.1, 0.15) is 12.5 Å². The molecule has 0 saturated carbocycles. The predicted molar refractivity (Wildman–Crippen MR) is 97.2 cm³/mol. The summed E-state index contributed by atoms with van der Waals surface area (Å²) in [6.07, 6.45) is 0. The fourth-order valence-electron chi connectivity index (χ4n) is 2.54. The van der Waals surface area contributed by atoms with Crippen LogP contribution in [0.25, 0.3) is 11.0 Å². The number of benzene rings is 2. The highest BCUT2D eigenvalue weighted by atomic mass is 35.5. The van der Waals surface area contributed by atoms with Crippen LogP contribution in [0.15, 0.2) is 68.7 Å². The Morgan fingerprint density at radius 1 is 1.08 bits per heavy atom. The van der Waals surface area contributed by atoms with Crippen LogP contribution in [-0.4, -0.2) is 19.3 Å². The van der Waals surface area contributed by atoms with Gasteiger partial charge >= 0.3 is 5.63 Å². The molecular formula is C18H16ClNO4S. The highest BCUT2D eigenvalue weighted by molar-refractivity contribution is 7.89. The van der Waals surface area contributed by atoms with E-state index in [0.717, 1.165) is 5.56 Å². The molecule has 0 aliphatic carbocycles. The molecule has 0 bridgehead atoms. The summed E-state index contributed by atoms with van der Waals surface area (Å²) in [7, 11) is -3.71. The molecule has 0 aliphatic heterocycles. The first-order chi connectivity index (χ1) is 11.9. The normalized spacial score (nSPS) is 12.0. The van der Waals surface area contributed by atoms with Crippen molar-refractivity contribution < 1.29 is 12.8 Å². The van der Waals surface area contributed by atoms with E-state index in [0.29, 0.717) is 22.5 Å². The van der Waals surface area contributed by atoms with Crippen molar-refractivity contribution in [2.75, 3.05) is 6.54 Å². The molecule has 3 aromatic rings. The zero-order chi connectivity index (χ0) is 18.0. The van der Waals surface area contributed by atoms with Crippen molar-refractivity contribution in [1.29, 1.82) is 0 Å². The first-order valence-electron chi connectivity index (χ1n) is 7.69. The van der Waals surface area contributed by atoms with Gasteiger partial charge in [0.2, 0.25) is 10.0 Å². The van der Waals surface area contributed by atoms with Gasteiger partial charge in [0.15, 0.2) is 0 Å². The number of hydrogen-bond acceptors (Lipinski definition) is 4. The molecule has 3 rings (SSSR count). The summed E-state index contributed by atoms with van der Waals surface area (Å²) in [5, 5.41) is 1.07. The van der Waals surface area contributed by atoms with Crippen LogP contribution in [0.4, 0.5) is 0 Å². The summed E-state index contributed by atoms with van der Waals surface area (Å²) >= 11 is 6.15. The summed E-state index contributed by atoms with van der Waals surface area (Å²) in [5.74, 6) is 0. The minimum atomic E-state index is -3.71. The van der Waals surface area contributed by atoms with E-state index in [9.17, 15) is 13.2 Å². The maximum atomic E-state index is 13.0. The van der Waals surface area contributed by atoms with Crippen LogP contribution in [-0.2, 0) is 16.6 Å². The zero-order valence-corrected chi connectivity index (χ0v) is 15.0. The largest absolute Gasteiger partial charge is 0.423 e. The lowest BCUT2D eigenvalue weighted by atomic mass is 10.2. The quantitative estimate of drug-likeness (QED) is 0.636. The lowest BCUT2D eigenvalue weighted by Gasteiger charge is -2.21. The van der Waals surface area contributed by atoms with Crippen LogP contribution in [0.3, 0.4) is 0 Å². The van der Waals surface area contributed by atoms with Gasteiger partial charge < -0.3 is 4.42 Å². The number of fused-ring (bicyclic) bond motifs is 1. The Bertz CT molecular complexity index is 1080. The van der Waals surface area contributed by atoms with E-state index in [1.54, 1.807) is 31.2 Å². The van der Waals surface area contributed by atoms with Gasteiger partial charge in [-0.05, 0) is 35.9 Å². The van der Waals surface area contributed by atoms with Gasteiger partial charge in [0, 0.05) is 29.6 Å². The van der Waals surface area contributed by atoms with E-state index in [1.807, 2.05) is 6.07 Å². The molecule has 2 aromatic carbocycles. The average Bonchev–Trinajstić information content (AvgIpc) is 2.60. The smallest absolute Gasteiger partial charge is 0.336 e. The van der Waals surface area contributed by atoms with Crippen molar-refractivity contribution >= 4 is 32.6 Å². The van der Waals surface area contributed by atoms with Crippen molar-refractivity contribution in [3.63, 3.8) is 0 Å². The highest BCUT2D eigenvalue weighted by Gasteiger charge is 2.24. The number of nitrogens with zero attached hydrogens (tertiary/aromatic N) is 1. The molecule has 7 heteroatoms. The molecule has 0 N–H and O–H groups in total. The second-order valence-electron chi connectivity index (χ2n) is 5.48. The Kier molecular flexibility index (Phi) is 4.94. The number of hydrogen-bond donors (Lipinski definition) is 0. The fraction of sp³-hybridized carbons (Fsp3) is 0.167. The van der Waals surface area contributed by atoms with Gasteiger partial charge in [0.25, 0.3) is 0 Å². The Morgan fingerprint density at radius 2 is 1.84 bits per heavy atom. The second-order valence-corrected chi connectivity index (χ2v) is 7.82. The topological polar surface area (TPSA) is 67.6 Å². The van der Waals surface area contributed by atoms with Gasteiger partial charge in [-0.15, -0.1) is 0 Å². The first-order valence-corrected chi connectivity index (χ1v) is 9.51. The molecular weight excluding hydrogens is 362 g/mol. The molecule has 0 unspecified atom stereocenters. The lowest BCUT2D eigenvalue weighted by Crippen LogP contribution is -2.30. The Hall–Kier alpha value is -2.15. The van der Waals surface area contributed by atoms with Crippen molar-refractivity contribution in [3.05, 3.63) is 75.6 Å². The zero-order valence-electron chi connectivity index (χ0n) is 13.5. The molecule has 5 nitrogen and oxygen atoms in total. The third-order valence-electron chi connectivity index (χ3n) is 3.89. The summed E-state index contributed by atoms with van der Waals surface area (Å²) in [6, 6.07) is 14.4. The van der Waals surface area contributed by atoms with Crippen LogP contribution < -0.4 is 5.63 Å². The predicted octanol–water partition coefficient (Wildman–Crippen LogP) is 3.66. The maximum Gasteiger partial charge on any atom is 0.336 e. The number of rotatable bonds is 5. The molecule has 0 atom stereocenters. The molecule has 1 aromatic heterocycles. The van der Waals surface area contributed by atoms with Gasteiger partial charge in [0.05, 0.1) is 4.90 Å². The van der Waals surface area contributed by atoms with Crippen molar-refractivity contribution in [2.24, 2.45) is 0 Å². The Labute approximate surface area is 150 Å². The van der Waals surface area contributed by atoms with Gasteiger partial charge in [-0.1, -0.05) is 36.7 Å². The third-order valence-corrected chi connectivity index (χ3v) is 6.17. The van der Waals surface area contributed by atoms with E-state index in [1.165, 1.54) is 28.6 Å². The lowest BCUT2D eigenvalue weighted by molar-refractivity contribution is 0.423. The molecule has 0 spiro atoms. The van der Waals surface area contributed by atoms with Gasteiger partial charge in [-0.3, -0.25) is 0 Å². The highest BCUT2D eigenvalue weighted by Crippen LogP contribution is 2.24. The monoisotopic (exact) mass is 377 g/mol. The number of halogens is 1. The minimum absolute atomic E-state index is 0.141. The van der Waals surface area contributed by atoms with Crippen LogP contribution in [0, 0.1) is 0 Å². The number of sulfonamides is 1.